The summed E-state index contributed by atoms with van der Waals surface area (Å²) in [6, 6.07) is 71.4. The van der Waals surface area contributed by atoms with Crippen LogP contribution in [0.25, 0.3) is 76.9 Å². The molecule has 0 N–H and O–H groups in total. The molecule has 484 valence electrons. The van der Waals surface area contributed by atoms with Gasteiger partial charge in [0.2, 0.25) is 0 Å². The van der Waals surface area contributed by atoms with Crippen LogP contribution in [0.5, 0.6) is 0 Å². The first-order valence-corrected chi connectivity index (χ1v) is 62.3. The van der Waals surface area contributed by atoms with Gasteiger partial charge in [0, 0.05) is 78.9 Å². The highest BCUT2D eigenvalue weighted by atomic mass is 28.3. The van der Waals surface area contributed by atoms with E-state index >= 15 is 0 Å². The van der Waals surface area contributed by atoms with Crippen LogP contribution in [0.15, 0.2) is 191 Å². The van der Waals surface area contributed by atoms with Crippen molar-refractivity contribution in [2.75, 3.05) is 9.80 Å². The lowest BCUT2D eigenvalue weighted by atomic mass is 9.89. The average molecular weight is 1370 g/mol. The Balaban J connectivity index is 1.14. The maximum atomic E-state index is 7.57. The van der Waals surface area contributed by atoms with Gasteiger partial charge < -0.3 is 18.6 Å². The molecule has 0 saturated carbocycles. The molecule has 0 spiro atoms. The molecular formula is C82H102N2O2Si8. The molecule has 0 aliphatic heterocycles. The van der Waals surface area contributed by atoms with Gasteiger partial charge >= 0.3 is 0 Å². The zero-order valence-electron chi connectivity index (χ0n) is 61.0. The van der Waals surface area contributed by atoms with Crippen LogP contribution in [0, 0.1) is 0 Å². The third-order valence-corrected chi connectivity index (χ3v) is 35.7. The molecule has 0 aliphatic carbocycles. The van der Waals surface area contributed by atoms with Crippen LogP contribution in [0.1, 0.15) is 0 Å². The minimum Gasteiger partial charge on any atom is -0.455 e. The van der Waals surface area contributed by atoms with Crippen molar-refractivity contribution in [1.29, 1.82) is 0 Å². The van der Waals surface area contributed by atoms with Crippen molar-refractivity contribution >= 4 is 195 Å². The van der Waals surface area contributed by atoms with Crippen molar-refractivity contribution in [3.63, 3.8) is 0 Å². The normalized spacial score (nSPS) is 13.3. The minimum absolute atomic E-state index is 0.871. The average Bonchev–Trinajstić information content (AvgIpc) is 1.51. The molecule has 0 fully saturated rings. The molecule has 2 heterocycles. The lowest BCUT2D eigenvalue weighted by Gasteiger charge is -2.32. The highest BCUT2D eigenvalue weighted by molar-refractivity contribution is 6.94. The van der Waals surface area contributed by atoms with Crippen LogP contribution in [-0.4, -0.2) is 64.6 Å². The van der Waals surface area contributed by atoms with Gasteiger partial charge in [0.25, 0.3) is 0 Å². The van der Waals surface area contributed by atoms with Gasteiger partial charge in [0.05, 0.1) is 64.6 Å². The fourth-order valence-corrected chi connectivity index (χ4v) is 23.3. The molecule has 12 rings (SSSR count). The number of benzene rings is 10. The van der Waals surface area contributed by atoms with Gasteiger partial charge in [0.1, 0.15) is 22.3 Å². The molecule has 12 aromatic rings. The first-order valence-electron chi connectivity index (χ1n) is 34.3. The monoisotopic (exact) mass is 1370 g/mol. The summed E-state index contributed by atoms with van der Waals surface area (Å²) in [4.78, 5) is 5.17. The molecule has 0 radical (unpaired) electrons. The van der Waals surface area contributed by atoms with Crippen molar-refractivity contribution in [3.05, 3.63) is 182 Å². The number of fused-ring (bicyclic) bond motifs is 7. The summed E-state index contributed by atoms with van der Waals surface area (Å²) in [6.45, 7) is 59.9. The number of hydrogen-bond donors (Lipinski definition) is 0. The first-order chi connectivity index (χ1) is 43.6. The van der Waals surface area contributed by atoms with Crippen molar-refractivity contribution < 1.29 is 8.83 Å². The first kappa shape index (κ1) is 67.4. The van der Waals surface area contributed by atoms with Crippen LogP contribution in [-0.2, 0) is 0 Å². The minimum atomic E-state index is -1.77. The fraction of sp³-hybridized carbons (Fsp3) is 0.293. The summed E-state index contributed by atoms with van der Waals surface area (Å²) >= 11 is 0. The summed E-state index contributed by atoms with van der Waals surface area (Å²) < 4.78 is 15.1. The van der Waals surface area contributed by atoms with Gasteiger partial charge in [-0.05, 0) is 107 Å². The molecule has 94 heavy (non-hydrogen) atoms. The lowest BCUT2D eigenvalue weighted by molar-refractivity contribution is 0.669. The van der Waals surface area contributed by atoms with Gasteiger partial charge in [0.15, 0.2) is 0 Å². The summed E-state index contributed by atoms with van der Waals surface area (Å²) in [5, 5.41) is 18.6. The largest absolute Gasteiger partial charge is 0.455 e. The number of nitrogens with zero attached hydrogens (tertiary/aromatic N) is 2. The van der Waals surface area contributed by atoms with Gasteiger partial charge in [-0.25, -0.2) is 0 Å². The Kier molecular flexibility index (Phi) is 16.9. The third-order valence-electron chi connectivity index (χ3n) is 19.6. The number of furan rings is 2. The Morgan fingerprint density at radius 2 is 0.447 bits per heavy atom. The fourth-order valence-electron chi connectivity index (χ4n) is 13.4. The van der Waals surface area contributed by atoms with Crippen molar-refractivity contribution in [2.24, 2.45) is 0 Å². The van der Waals surface area contributed by atoms with Crippen LogP contribution in [0.4, 0.5) is 34.1 Å². The second-order valence-corrected chi connectivity index (χ2v) is 76.0. The maximum absolute atomic E-state index is 7.57. The molecule has 4 nitrogen and oxygen atoms in total. The highest BCUT2D eigenvalue weighted by Crippen LogP contribution is 2.50. The molecule has 0 saturated heterocycles. The maximum Gasteiger partial charge on any atom is 0.143 e. The smallest absolute Gasteiger partial charge is 0.143 e. The second kappa shape index (κ2) is 23.6. The predicted molar refractivity (Wildman–Crippen MR) is 443 cm³/mol. The highest BCUT2D eigenvalue weighted by Gasteiger charge is 2.33. The predicted octanol–water partition coefficient (Wildman–Crippen LogP) is 21.3. The van der Waals surface area contributed by atoms with Crippen molar-refractivity contribution in [1.82, 2.24) is 0 Å². The van der Waals surface area contributed by atoms with E-state index in [0.29, 0.717) is 0 Å². The van der Waals surface area contributed by atoms with E-state index in [1.54, 1.807) is 0 Å². The summed E-state index contributed by atoms with van der Waals surface area (Å²) in [6.07, 6.45) is 0. The molecule has 10 aromatic carbocycles. The molecule has 0 bridgehead atoms. The summed E-state index contributed by atoms with van der Waals surface area (Å²) in [7, 11) is -14.1. The number of anilines is 6. The number of rotatable bonds is 16. The molecule has 0 atom stereocenters. The van der Waals surface area contributed by atoms with E-state index in [0.717, 1.165) is 88.3 Å². The van der Waals surface area contributed by atoms with E-state index in [1.165, 1.54) is 64.2 Å². The Morgan fingerprint density at radius 3 is 0.670 bits per heavy atom. The molecule has 2 aromatic heterocycles. The Morgan fingerprint density at radius 1 is 0.213 bits per heavy atom. The Bertz CT molecular complexity index is 4340. The van der Waals surface area contributed by atoms with Crippen LogP contribution >= 0.6 is 0 Å². The molecule has 0 amide bonds. The van der Waals surface area contributed by atoms with E-state index in [-0.39, 0.29) is 0 Å². The lowest BCUT2D eigenvalue weighted by Crippen LogP contribution is -2.46. The van der Waals surface area contributed by atoms with Gasteiger partial charge in [-0.15, -0.1) is 0 Å². The zero-order chi connectivity index (χ0) is 67.9. The second-order valence-electron chi connectivity index (χ2n) is 35.4. The topological polar surface area (TPSA) is 32.8 Å². The third kappa shape index (κ3) is 13.1. The number of hydrogen-bond acceptors (Lipinski definition) is 4. The van der Waals surface area contributed by atoms with Crippen LogP contribution < -0.4 is 51.3 Å². The van der Waals surface area contributed by atoms with Gasteiger partial charge in [-0.2, -0.15) is 0 Å². The Hall–Kier alpha value is -6.60. The van der Waals surface area contributed by atoms with Crippen LogP contribution in [0.2, 0.25) is 157 Å². The van der Waals surface area contributed by atoms with Crippen LogP contribution in [0.3, 0.4) is 0 Å². The molecule has 0 aliphatic rings. The molecular weight excluding hydrogens is 1270 g/mol. The summed E-state index contributed by atoms with van der Waals surface area (Å²) in [5.74, 6) is 0. The van der Waals surface area contributed by atoms with Crippen molar-refractivity contribution in [3.8, 4) is 22.3 Å². The Labute approximate surface area is 570 Å². The van der Waals surface area contributed by atoms with E-state index in [2.05, 4.69) is 349 Å². The van der Waals surface area contributed by atoms with Crippen molar-refractivity contribution in [2.45, 2.75) is 157 Å². The standard InChI is InChI=1S/C82H102N2O2Si8/c1-87(2,3)63-39-59(40-64(49-63)88(4,5)6)83(60-41-65(89(7,8)9)50-66(42-60)90(10,11)12)57-35-37-71-75-53-73-74(79(55-31-27-25-28-32-55)81(75)85-77(71)47-57)54-76-72-38-36-58(48-78(72)86-82(76)80(73)56-33-29-26-30-34-56)84(61-43-67(91(13,14)15)51-68(44-61)92(16,17)18)62-45-69(93(19,20)21)52-70(46-62)94(22,23)24/h25-54H,1-24H3. The summed E-state index contributed by atoms with van der Waals surface area (Å²) in [5.41, 5.74) is 15.1. The van der Waals surface area contributed by atoms with Gasteiger partial charge in [-0.3, -0.25) is 0 Å². The zero-order valence-corrected chi connectivity index (χ0v) is 69.0. The van der Waals surface area contributed by atoms with E-state index < -0.39 is 64.6 Å². The molecule has 0 unspecified atom stereocenters. The quantitative estimate of drug-likeness (QED) is 0.0903. The van der Waals surface area contributed by atoms with Gasteiger partial charge in [-0.1, -0.05) is 284 Å². The molecule has 12 heteroatoms. The van der Waals surface area contributed by atoms with E-state index in [1.807, 2.05) is 0 Å². The van der Waals surface area contributed by atoms with E-state index in [4.69, 9.17) is 8.83 Å². The SMILES string of the molecule is C[Si](C)(C)c1cc(N(c2cc([Si](C)(C)C)cc([Si](C)(C)C)c2)c2ccc3c(c2)oc2c(-c4ccccc4)c4cc5c(oc6cc(N(c7cc([Si](C)(C)C)cc([Si](C)(C)C)c7)c7cc([Si](C)(C)C)cc([Si](C)(C)C)c7)ccc65)c(-c5ccccc5)c4cc23)cc([Si](C)(C)C)c1. The van der Waals surface area contributed by atoms with E-state index in [9.17, 15) is 0 Å².